The van der Waals surface area contributed by atoms with Gasteiger partial charge in [-0.25, -0.2) is 9.97 Å². The first kappa shape index (κ1) is 17.7. The molecule has 1 saturated carbocycles. The van der Waals surface area contributed by atoms with Crippen LogP contribution in [0.5, 0.6) is 0 Å². The van der Waals surface area contributed by atoms with Gasteiger partial charge in [-0.15, -0.1) is 0 Å². The lowest BCUT2D eigenvalue weighted by atomic mass is 9.66. The number of imidazole rings is 1. The summed E-state index contributed by atoms with van der Waals surface area (Å²) in [5, 5.41) is 4.33. The molecule has 4 heterocycles. The number of nitrogens with zero attached hydrogens (tertiary/aromatic N) is 5. The fraction of sp³-hybridized carbons (Fsp3) is 0.333. The van der Waals surface area contributed by atoms with Crippen molar-refractivity contribution in [3.05, 3.63) is 43.1 Å². The van der Waals surface area contributed by atoms with E-state index in [2.05, 4.69) is 25.3 Å². The summed E-state index contributed by atoms with van der Waals surface area (Å²) in [5.41, 5.74) is 3.53. The lowest BCUT2D eigenvalue weighted by Gasteiger charge is -2.45. The summed E-state index contributed by atoms with van der Waals surface area (Å²) in [7, 11) is 3.61. The Labute approximate surface area is 168 Å². The van der Waals surface area contributed by atoms with Gasteiger partial charge in [-0.05, 0) is 25.0 Å². The number of H-pyrrole nitrogens is 1. The predicted octanol–water partition coefficient (Wildman–Crippen LogP) is 2.94. The Morgan fingerprint density at radius 3 is 2.93 bits per heavy atom. The van der Waals surface area contributed by atoms with Gasteiger partial charge < -0.3 is 19.6 Å². The standard InChI is InChI=1S/C21H23N7O/c1-21(19(29)27(2)3)8-14(9-21)25-20-24-11-16-15(10-23-18(16)26-20)13-4-5-17-22-6-7-28(17)12-13/h4-7,10-12,14H,8-9H2,1-3H3,(H2,23,24,25,26). The Morgan fingerprint density at radius 1 is 1.31 bits per heavy atom. The minimum atomic E-state index is -0.295. The number of fused-ring (bicyclic) bond motifs is 2. The minimum Gasteiger partial charge on any atom is -0.351 e. The number of anilines is 1. The van der Waals surface area contributed by atoms with Crippen molar-refractivity contribution >= 4 is 28.5 Å². The number of amides is 1. The highest BCUT2D eigenvalue weighted by molar-refractivity contribution is 5.93. The van der Waals surface area contributed by atoms with Gasteiger partial charge in [-0.1, -0.05) is 6.92 Å². The summed E-state index contributed by atoms with van der Waals surface area (Å²) in [4.78, 5) is 30.6. The van der Waals surface area contributed by atoms with E-state index in [1.54, 1.807) is 25.2 Å². The zero-order valence-corrected chi connectivity index (χ0v) is 16.7. The van der Waals surface area contributed by atoms with E-state index >= 15 is 0 Å². The number of hydrogen-bond acceptors (Lipinski definition) is 5. The molecular formula is C21H23N7O. The van der Waals surface area contributed by atoms with Gasteiger partial charge in [0, 0.05) is 67.6 Å². The second-order valence-corrected chi connectivity index (χ2v) is 8.28. The highest BCUT2D eigenvalue weighted by atomic mass is 16.2. The van der Waals surface area contributed by atoms with Gasteiger partial charge in [-0.2, -0.15) is 4.98 Å². The van der Waals surface area contributed by atoms with E-state index in [9.17, 15) is 4.79 Å². The molecule has 0 aliphatic heterocycles. The summed E-state index contributed by atoms with van der Waals surface area (Å²) in [5.74, 6) is 0.760. The molecule has 8 heteroatoms. The van der Waals surface area contributed by atoms with Crippen molar-refractivity contribution in [1.29, 1.82) is 0 Å². The molecule has 0 atom stereocenters. The van der Waals surface area contributed by atoms with Crippen LogP contribution in [0.4, 0.5) is 5.95 Å². The molecule has 0 unspecified atom stereocenters. The van der Waals surface area contributed by atoms with Gasteiger partial charge in [-0.3, -0.25) is 4.79 Å². The second-order valence-electron chi connectivity index (χ2n) is 8.28. The smallest absolute Gasteiger partial charge is 0.228 e. The monoisotopic (exact) mass is 389 g/mol. The molecule has 1 aliphatic rings. The molecule has 1 amide bonds. The summed E-state index contributed by atoms with van der Waals surface area (Å²) in [6, 6.07) is 4.25. The van der Waals surface area contributed by atoms with Gasteiger partial charge in [0.25, 0.3) is 0 Å². The highest BCUT2D eigenvalue weighted by Gasteiger charge is 2.47. The van der Waals surface area contributed by atoms with Crippen LogP contribution in [0.15, 0.2) is 43.1 Å². The fourth-order valence-corrected chi connectivity index (χ4v) is 4.32. The number of carbonyl (C=O) groups is 1. The summed E-state index contributed by atoms with van der Waals surface area (Å²) in [6.07, 6.45) is 11.1. The Hall–Kier alpha value is -3.42. The molecule has 1 fully saturated rings. The van der Waals surface area contributed by atoms with Crippen LogP contribution in [0.25, 0.3) is 27.8 Å². The van der Waals surface area contributed by atoms with E-state index in [1.165, 1.54) is 0 Å². The molecular weight excluding hydrogens is 366 g/mol. The van der Waals surface area contributed by atoms with Crippen LogP contribution in [0.3, 0.4) is 0 Å². The first-order valence-electron chi connectivity index (χ1n) is 9.68. The quantitative estimate of drug-likeness (QED) is 0.560. The number of aromatic amines is 1. The van der Waals surface area contributed by atoms with E-state index in [0.29, 0.717) is 5.95 Å². The largest absolute Gasteiger partial charge is 0.351 e. The van der Waals surface area contributed by atoms with Crippen molar-refractivity contribution in [2.24, 2.45) is 5.41 Å². The molecule has 5 rings (SSSR count). The van der Waals surface area contributed by atoms with Gasteiger partial charge >= 0.3 is 0 Å². The van der Waals surface area contributed by atoms with E-state index in [-0.39, 0.29) is 17.4 Å². The van der Waals surface area contributed by atoms with Crippen LogP contribution in [0.2, 0.25) is 0 Å². The third kappa shape index (κ3) is 2.91. The van der Waals surface area contributed by atoms with Crippen LogP contribution < -0.4 is 5.32 Å². The molecule has 4 aromatic heterocycles. The number of pyridine rings is 1. The topological polar surface area (TPSA) is 91.2 Å². The molecule has 2 N–H and O–H groups in total. The molecule has 0 radical (unpaired) electrons. The third-order valence-corrected chi connectivity index (χ3v) is 5.78. The summed E-state index contributed by atoms with van der Waals surface area (Å²) < 4.78 is 1.99. The van der Waals surface area contributed by atoms with Crippen molar-refractivity contribution < 1.29 is 4.79 Å². The molecule has 8 nitrogen and oxygen atoms in total. The van der Waals surface area contributed by atoms with Crippen LogP contribution in [-0.2, 0) is 4.79 Å². The number of aromatic nitrogens is 5. The molecule has 0 spiro atoms. The molecule has 1 aliphatic carbocycles. The van der Waals surface area contributed by atoms with Crippen LogP contribution in [0.1, 0.15) is 19.8 Å². The maximum absolute atomic E-state index is 12.3. The summed E-state index contributed by atoms with van der Waals surface area (Å²) >= 11 is 0. The van der Waals surface area contributed by atoms with E-state index in [0.717, 1.165) is 40.6 Å². The average Bonchev–Trinajstić information content (AvgIpc) is 3.31. The van der Waals surface area contributed by atoms with Gasteiger partial charge in [0.15, 0.2) is 0 Å². The summed E-state index contributed by atoms with van der Waals surface area (Å²) in [6.45, 7) is 2.02. The van der Waals surface area contributed by atoms with Crippen LogP contribution >= 0.6 is 0 Å². The lowest BCUT2D eigenvalue weighted by molar-refractivity contribution is -0.143. The Balaban J connectivity index is 1.35. The maximum atomic E-state index is 12.3. The fourth-order valence-electron chi connectivity index (χ4n) is 4.32. The normalized spacial score (nSPS) is 21.3. The number of nitrogens with one attached hydrogen (secondary N) is 2. The zero-order chi connectivity index (χ0) is 20.2. The molecule has 0 aromatic carbocycles. The molecule has 0 saturated heterocycles. The van der Waals surface area contributed by atoms with Crippen molar-refractivity contribution in [3.63, 3.8) is 0 Å². The number of carbonyl (C=O) groups excluding carboxylic acids is 1. The maximum Gasteiger partial charge on any atom is 0.228 e. The second kappa shape index (κ2) is 6.30. The molecule has 148 valence electrons. The minimum absolute atomic E-state index is 0.177. The Morgan fingerprint density at radius 2 is 2.14 bits per heavy atom. The molecule has 29 heavy (non-hydrogen) atoms. The zero-order valence-electron chi connectivity index (χ0n) is 16.7. The van der Waals surface area contributed by atoms with E-state index in [1.807, 2.05) is 48.2 Å². The predicted molar refractivity (Wildman–Crippen MR) is 112 cm³/mol. The van der Waals surface area contributed by atoms with E-state index in [4.69, 9.17) is 0 Å². The van der Waals surface area contributed by atoms with Gasteiger partial charge in [0.05, 0.1) is 5.41 Å². The van der Waals surface area contributed by atoms with Crippen molar-refractivity contribution in [2.45, 2.75) is 25.8 Å². The number of hydrogen-bond donors (Lipinski definition) is 2. The average molecular weight is 389 g/mol. The number of rotatable bonds is 4. The Bertz CT molecular complexity index is 1220. The van der Waals surface area contributed by atoms with Crippen molar-refractivity contribution in [1.82, 2.24) is 29.2 Å². The SMILES string of the molecule is CN(C)C(=O)C1(C)CC(Nc2ncc3c(-c4ccc5nccn5c4)c[nH]c3n2)C1. The van der Waals surface area contributed by atoms with Gasteiger partial charge in [0.1, 0.15) is 11.3 Å². The first-order chi connectivity index (χ1) is 13.9. The lowest BCUT2D eigenvalue weighted by Crippen LogP contribution is -2.52. The van der Waals surface area contributed by atoms with Crippen LogP contribution in [0, 0.1) is 5.41 Å². The van der Waals surface area contributed by atoms with Crippen molar-refractivity contribution in [3.8, 4) is 11.1 Å². The molecule has 0 bridgehead atoms. The van der Waals surface area contributed by atoms with E-state index < -0.39 is 0 Å². The van der Waals surface area contributed by atoms with Gasteiger partial charge in [0.2, 0.25) is 11.9 Å². The third-order valence-electron chi connectivity index (χ3n) is 5.78. The van der Waals surface area contributed by atoms with Crippen molar-refractivity contribution in [2.75, 3.05) is 19.4 Å². The first-order valence-corrected chi connectivity index (χ1v) is 9.68. The highest BCUT2D eigenvalue weighted by Crippen LogP contribution is 2.43. The Kier molecular flexibility index (Phi) is 3.84. The van der Waals surface area contributed by atoms with Crippen LogP contribution in [-0.4, -0.2) is 55.3 Å². The molecule has 4 aromatic rings.